The van der Waals surface area contributed by atoms with Crippen LogP contribution >= 0.6 is 0 Å². The van der Waals surface area contributed by atoms with Crippen LogP contribution in [0.2, 0.25) is 0 Å². The van der Waals surface area contributed by atoms with Gasteiger partial charge in [0.15, 0.2) is 0 Å². The van der Waals surface area contributed by atoms with E-state index in [1.54, 1.807) is 4.57 Å². The molecule has 2 aromatic rings. The van der Waals surface area contributed by atoms with E-state index in [-0.39, 0.29) is 17.4 Å². The van der Waals surface area contributed by atoms with Gasteiger partial charge in [-0.3, -0.25) is 9.59 Å². The number of pyridine rings is 1. The van der Waals surface area contributed by atoms with Gasteiger partial charge < -0.3 is 14.0 Å². The summed E-state index contributed by atoms with van der Waals surface area (Å²) >= 11 is 0. The minimum atomic E-state index is -0.170. The Bertz CT molecular complexity index is 896. The van der Waals surface area contributed by atoms with Gasteiger partial charge in [0.05, 0.1) is 0 Å². The normalized spacial score (nSPS) is 17.1. The Hall–Kier alpha value is -2.37. The second-order valence-corrected chi connectivity index (χ2v) is 7.82. The lowest BCUT2D eigenvalue weighted by molar-refractivity contribution is 0.0700. The minimum absolute atomic E-state index is 0.138. The first-order valence-corrected chi connectivity index (χ1v) is 10.5. The average molecular weight is 385 g/mol. The Balaban J connectivity index is 1.85. The molecule has 0 spiro atoms. The number of likely N-dealkylation sites (tertiary alicyclic amines) is 1. The lowest BCUT2D eigenvalue weighted by Gasteiger charge is -2.33. The predicted octanol–water partition coefficient (Wildman–Crippen LogP) is 3.50. The molecule has 152 valence electrons. The molecule has 2 aromatic heterocycles. The van der Waals surface area contributed by atoms with Crippen molar-refractivity contribution in [1.82, 2.24) is 19.0 Å². The zero-order valence-corrected chi connectivity index (χ0v) is 17.6. The zero-order chi connectivity index (χ0) is 20.3. The number of hydrogen-bond donors (Lipinski definition) is 0. The molecule has 3 heterocycles. The van der Waals surface area contributed by atoms with Crippen molar-refractivity contribution in [2.24, 2.45) is 0 Å². The van der Waals surface area contributed by atoms with Gasteiger partial charge in [0.2, 0.25) is 0 Å². The van der Waals surface area contributed by atoms with E-state index >= 15 is 0 Å². The van der Waals surface area contributed by atoms with E-state index in [0.29, 0.717) is 25.2 Å². The number of nitrogens with zero attached hydrogens (tertiary/aromatic N) is 4. The highest BCUT2D eigenvalue weighted by Crippen LogP contribution is 2.27. The van der Waals surface area contributed by atoms with Crippen LogP contribution in [0.15, 0.2) is 23.3 Å². The second-order valence-electron chi connectivity index (χ2n) is 7.82. The number of piperidine rings is 1. The molecule has 1 unspecified atom stereocenters. The molecule has 1 saturated heterocycles. The van der Waals surface area contributed by atoms with E-state index in [4.69, 9.17) is 0 Å². The van der Waals surface area contributed by atoms with Crippen molar-refractivity contribution in [3.8, 4) is 0 Å². The molecule has 28 heavy (non-hydrogen) atoms. The van der Waals surface area contributed by atoms with Crippen LogP contribution < -0.4 is 5.56 Å². The van der Waals surface area contributed by atoms with E-state index in [9.17, 15) is 9.59 Å². The summed E-state index contributed by atoms with van der Waals surface area (Å²) in [6.07, 6.45) is 8.12. The maximum Gasteiger partial charge on any atom is 0.263 e. The Morgan fingerprint density at radius 3 is 2.79 bits per heavy atom. The van der Waals surface area contributed by atoms with Crippen LogP contribution in [0.25, 0.3) is 0 Å². The molecule has 1 aliphatic heterocycles. The van der Waals surface area contributed by atoms with Crippen LogP contribution in [0.3, 0.4) is 0 Å². The molecule has 3 rings (SSSR count). The number of imidazole rings is 1. The molecular weight excluding hydrogens is 352 g/mol. The summed E-state index contributed by atoms with van der Waals surface area (Å²) in [7, 11) is 0. The van der Waals surface area contributed by atoms with Crippen molar-refractivity contribution in [2.75, 3.05) is 13.1 Å². The van der Waals surface area contributed by atoms with Crippen LogP contribution in [0, 0.1) is 13.8 Å². The Kier molecular flexibility index (Phi) is 6.37. The smallest absolute Gasteiger partial charge is 0.263 e. The van der Waals surface area contributed by atoms with Crippen molar-refractivity contribution < 1.29 is 4.79 Å². The molecular formula is C22H32N4O2. The number of unbranched alkanes of at least 4 members (excludes halogenated alkanes) is 1. The van der Waals surface area contributed by atoms with Gasteiger partial charge in [0.1, 0.15) is 11.4 Å². The number of carbonyl (C=O) groups excluding carboxylic acids is 1. The van der Waals surface area contributed by atoms with E-state index in [1.807, 2.05) is 44.1 Å². The SMILES string of the molecule is CCCCn1ccnc1C1CCCN(C(=O)c2c(C)cc(C)n(CC)c2=O)C1. The van der Waals surface area contributed by atoms with E-state index in [1.165, 1.54) is 0 Å². The number of amides is 1. The fraction of sp³-hybridized carbons (Fsp3) is 0.591. The molecule has 0 aromatic carbocycles. The third kappa shape index (κ3) is 3.91. The number of aromatic nitrogens is 3. The molecule has 6 nitrogen and oxygen atoms in total. The van der Waals surface area contributed by atoms with Gasteiger partial charge in [-0.05, 0) is 51.7 Å². The van der Waals surface area contributed by atoms with Gasteiger partial charge in [0.25, 0.3) is 11.5 Å². The first-order valence-electron chi connectivity index (χ1n) is 10.5. The van der Waals surface area contributed by atoms with Crippen LogP contribution in [0.1, 0.15) is 72.9 Å². The summed E-state index contributed by atoms with van der Waals surface area (Å²) < 4.78 is 3.91. The van der Waals surface area contributed by atoms with Gasteiger partial charge >= 0.3 is 0 Å². The lowest BCUT2D eigenvalue weighted by atomic mass is 9.96. The number of hydrogen-bond acceptors (Lipinski definition) is 3. The molecule has 1 fully saturated rings. The zero-order valence-electron chi connectivity index (χ0n) is 17.6. The van der Waals surface area contributed by atoms with Crippen molar-refractivity contribution in [3.05, 3.63) is 51.5 Å². The second kappa shape index (κ2) is 8.76. The summed E-state index contributed by atoms with van der Waals surface area (Å²) in [4.78, 5) is 32.6. The van der Waals surface area contributed by atoms with Gasteiger partial charge in [-0.1, -0.05) is 13.3 Å². The monoisotopic (exact) mass is 384 g/mol. The maximum absolute atomic E-state index is 13.3. The number of aryl methyl sites for hydroxylation is 3. The molecule has 1 aliphatic rings. The molecule has 6 heteroatoms. The van der Waals surface area contributed by atoms with Crippen LogP contribution in [0.5, 0.6) is 0 Å². The van der Waals surface area contributed by atoms with E-state index < -0.39 is 0 Å². The fourth-order valence-corrected chi connectivity index (χ4v) is 4.31. The Morgan fingerprint density at radius 1 is 1.29 bits per heavy atom. The predicted molar refractivity (Wildman–Crippen MR) is 111 cm³/mol. The first-order chi connectivity index (χ1) is 13.5. The van der Waals surface area contributed by atoms with Crippen molar-refractivity contribution >= 4 is 5.91 Å². The largest absolute Gasteiger partial charge is 0.338 e. The van der Waals surface area contributed by atoms with Gasteiger partial charge in [-0.15, -0.1) is 0 Å². The maximum atomic E-state index is 13.3. The van der Waals surface area contributed by atoms with Gasteiger partial charge in [0, 0.05) is 50.2 Å². The molecule has 0 N–H and O–H groups in total. The van der Waals surface area contributed by atoms with Crippen molar-refractivity contribution in [1.29, 1.82) is 0 Å². The Labute approximate surface area is 167 Å². The van der Waals surface area contributed by atoms with Gasteiger partial charge in [-0.25, -0.2) is 4.98 Å². The Morgan fingerprint density at radius 2 is 2.07 bits per heavy atom. The quantitative estimate of drug-likeness (QED) is 0.766. The van der Waals surface area contributed by atoms with Crippen LogP contribution in [-0.2, 0) is 13.1 Å². The summed E-state index contributed by atoms with van der Waals surface area (Å²) in [6, 6.07) is 1.94. The van der Waals surface area contributed by atoms with Crippen LogP contribution in [0.4, 0.5) is 0 Å². The summed E-state index contributed by atoms with van der Waals surface area (Å²) in [5, 5.41) is 0. The highest BCUT2D eigenvalue weighted by Gasteiger charge is 2.30. The fourth-order valence-electron chi connectivity index (χ4n) is 4.31. The molecule has 1 atom stereocenters. The molecule has 0 bridgehead atoms. The van der Waals surface area contributed by atoms with Crippen molar-refractivity contribution in [2.45, 2.75) is 72.4 Å². The number of rotatable bonds is 6. The number of carbonyl (C=O) groups is 1. The standard InChI is InChI=1S/C22H32N4O2/c1-5-7-11-24-13-10-23-20(24)18-9-8-12-25(15-18)21(27)19-16(3)14-17(4)26(6-2)22(19)28/h10,13-14,18H,5-9,11-12,15H2,1-4H3. The summed E-state index contributed by atoms with van der Waals surface area (Å²) in [5.41, 5.74) is 1.82. The molecule has 0 saturated carbocycles. The van der Waals surface area contributed by atoms with E-state index in [0.717, 1.165) is 49.3 Å². The van der Waals surface area contributed by atoms with Gasteiger partial charge in [-0.2, -0.15) is 0 Å². The minimum Gasteiger partial charge on any atom is -0.338 e. The average Bonchev–Trinajstić information content (AvgIpc) is 3.15. The first kappa shape index (κ1) is 20.4. The lowest BCUT2D eigenvalue weighted by Crippen LogP contribution is -2.43. The molecule has 0 aliphatic carbocycles. The van der Waals surface area contributed by atoms with Crippen molar-refractivity contribution in [3.63, 3.8) is 0 Å². The summed E-state index contributed by atoms with van der Waals surface area (Å²) in [5.74, 6) is 1.15. The molecule has 1 amide bonds. The third-order valence-corrected chi connectivity index (χ3v) is 5.81. The van der Waals surface area contributed by atoms with E-state index in [2.05, 4.69) is 16.5 Å². The molecule has 0 radical (unpaired) electrons. The van der Waals surface area contributed by atoms with Crippen LogP contribution in [-0.4, -0.2) is 38.0 Å². The third-order valence-electron chi connectivity index (χ3n) is 5.81. The highest BCUT2D eigenvalue weighted by atomic mass is 16.2. The highest BCUT2D eigenvalue weighted by molar-refractivity contribution is 5.95. The topological polar surface area (TPSA) is 60.1 Å². The summed E-state index contributed by atoms with van der Waals surface area (Å²) in [6.45, 7) is 10.8.